The third-order valence-corrected chi connectivity index (χ3v) is 6.71. The minimum atomic E-state index is 0.802. The molecule has 0 radical (unpaired) electrons. The molecule has 0 aromatic rings. The Morgan fingerprint density at radius 1 is 0.857 bits per heavy atom. The van der Waals surface area contributed by atoms with Crippen molar-refractivity contribution in [3.8, 4) is 0 Å². The molecule has 2 aliphatic heterocycles. The van der Waals surface area contributed by atoms with Crippen molar-refractivity contribution in [1.82, 2.24) is 10.2 Å². The van der Waals surface area contributed by atoms with Crippen molar-refractivity contribution in [1.29, 1.82) is 0 Å². The van der Waals surface area contributed by atoms with Crippen molar-refractivity contribution in [2.45, 2.75) is 103 Å². The fourth-order valence-corrected chi connectivity index (χ4v) is 5.32. The van der Waals surface area contributed by atoms with Gasteiger partial charge >= 0.3 is 0 Å². The van der Waals surface area contributed by atoms with Crippen LogP contribution < -0.4 is 5.32 Å². The Labute approximate surface area is 132 Å². The molecule has 2 nitrogen and oxygen atoms in total. The summed E-state index contributed by atoms with van der Waals surface area (Å²) in [5.74, 6) is 1.88. The van der Waals surface area contributed by atoms with Crippen molar-refractivity contribution in [3.05, 3.63) is 0 Å². The second-order valence-corrected chi connectivity index (χ2v) is 8.23. The third kappa shape index (κ3) is 3.47. The highest BCUT2D eigenvalue weighted by Gasteiger charge is 2.42. The first-order valence-electron chi connectivity index (χ1n) is 9.69. The molecule has 21 heavy (non-hydrogen) atoms. The fraction of sp³-hybridized carbons (Fsp3) is 1.00. The number of nitrogens with zero attached hydrogens (tertiary/aromatic N) is 1. The molecule has 2 heteroatoms. The van der Waals surface area contributed by atoms with Crippen LogP contribution in [0.4, 0.5) is 0 Å². The zero-order valence-electron chi connectivity index (χ0n) is 14.5. The molecule has 122 valence electrons. The smallest absolute Gasteiger partial charge is 0.0116 e. The zero-order chi connectivity index (χ0) is 14.8. The summed E-state index contributed by atoms with van der Waals surface area (Å²) in [6.45, 7) is 8.44. The van der Waals surface area contributed by atoms with Crippen LogP contribution in [0.25, 0.3) is 0 Å². The second-order valence-electron chi connectivity index (χ2n) is 8.23. The number of nitrogens with one attached hydrogen (secondary N) is 1. The summed E-state index contributed by atoms with van der Waals surface area (Å²) >= 11 is 0. The Morgan fingerprint density at radius 2 is 1.52 bits per heavy atom. The Balaban J connectivity index is 1.63. The highest BCUT2D eigenvalue weighted by Crippen LogP contribution is 2.41. The van der Waals surface area contributed by atoms with Gasteiger partial charge in [-0.05, 0) is 69.7 Å². The van der Waals surface area contributed by atoms with E-state index in [1.165, 1.54) is 64.3 Å². The highest BCUT2D eigenvalue weighted by atomic mass is 15.2. The Kier molecular flexibility index (Phi) is 5.27. The average molecular weight is 293 g/mol. The van der Waals surface area contributed by atoms with Gasteiger partial charge in [0.15, 0.2) is 0 Å². The topological polar surface area (TPSA) is 15.3 Å². The van der Waals surface area contributed by atoms with Crippen molar-refractivity contribution in [2.24, 2.45) is 11.8 Å². The van der Waals surface area contributed by atoms with Crippen LogP contribution in [0.3, 0.4) is 0 Å². The van der Waals surface area contributed by atoms with Crippen molar-refractivity contribution < 1.29 is 0 Å². The largest absolute Gasteiger partial charge is 0.314 e. The molecule has 2 saturated heterocycles. The van der Waals surface area contributed by atoms with Crippen LogP contribution in [-0.2, 0) is 0 Å². The van der Waals surface area contributed by atoms with Crippen LogP contribution in [0.2, 0.25) is 0 Å². The lowest BCUT2D eigenvalue weighted by atomic mass is 9.74. The van der Waals surface area contributed by atoms with Crippen LogP contribution in [0.15, 0.2) is 0 Å². The van der Waals surface area contributed by atoms with E-state index in [9.17, 15) is 0 Å². The Hall–Kier alpha value is -0.0800. The SMILES string of the molecule is CCCNC1CC2CCCC(C1)N2C1CCC(C)C(C)C1. The first-order valence-corrected chi connectivity index (χ1v) is 9.69. The fourth-order valence-electron chi connectivity index (χ4n) is 5.32. The van der Waals surface area contributed by atoms with Gasteiger partial charge in [-0.15, -0.1) is 0 Å². The van der Waals surface area contributed by atoms with Crippen LogP contribution in [0, 0.1) is 11.8 Å². The summed E-state index contributed by atoms with van der Waals surface area (Å²) in [5.41, 5.74) is 0. The highest BCUT2D eigenvalue weighted by molar-refractivity contribution is 4.99. The molecule has 1 aliphatic carbocycles. The minimum Gasteiger partial charge on any atom is -0.314 e. The van der Waals surface area contributed by atoms with E-state index in [1.807, 2.05) is 0 Å². The van der Waals surface area contributed by atoms with Crippen LogP contribution in [0.1, 0.15) is 78.6 Å². The van der Waals surface area contributed by atoms with E-state index in [-0.39, 0.29) is 0 Å². The van der Waals surface area contributed by atoms with E-state index in [2.05, 4.69) is 31.0 Å². The summed E-state index contributed by atoms with van der Waals surface area (Å²) in [5, 5.41) is 3.81. The molecule has 5 unspecified atom stereocenters. The molecule has 2 bridgehead atoms. The molecule has 1 N–H and O–H groups in total. The maximum atomic E-state index is 3.81. The van der Waals surface area contributed by atoms with E-state index in [4.69, 9.17) is 0 Å². The number of hydrogen-bond donors (Lipinski definition) is 1. The normalized spacial score (nSPS) is 44.7. The molecule has 0 aromatic carbocycles. The lowest BCUT2D eigenvalue weighted by Crippen LogP contribution is -2.60. The van der Waals surface area contributed by atoms with Gasteiger partial charge in [-0.2, -0.15) is 0 Å². The monoisotopic (exact) mass is 292 g/mol. The van der Waals surface area contributed by atoms with Gasteiger partial charge in [-0.1, -0.05) is 27.2 Å². The number of fused-ring (bicyclic) bond motifs is 2. The van der Waals surface area contributed by atoms with Gasteiger partial charge in [0.05, 0.1) is 0 Å². The Morgan fingerprint density at radius 3 is 2.14 bits per heavy atom. The quantitative estimate of drug-likeness (QED) is 0.835. The van der Waals surface area contributed by atoms with E-state index in [1.54, 1.807) is 0 Å². The first kappa shape index (κ1) is 15.8. The van der Waals surface area contributed by atoms with E-state index in [0.717, 1.165) is 36.0 Å². The zero-order valence-corrected chi connectivity index (χ0v) is 14.5. The van der Waals surface area contributed by atoms with Gasteiger partial charge in [0, 0.05) is 24.2 Å². The van der Waals surface area contributed by atoms with Crippen LogP contribution in [-0.4, -0.2) is 35.6 Å². The predicted molar refractivity (Wildman–Crippen MR) is 90.5 cm³/mol. The number of piperidine rings is 2. The van der Waals surface area contributed by atoms with Gasteiger partial charge in [0.1, 0.15) is 0 Å². The summed E-state index contributed by atoms with van der Waals surface area (Å²) < 4.78 is 0. The summed E-state index contributed by atoms with van der Waals surface area (Å²) in [6.07, 6.45) is 12.9. The lowest BCUT2D eigenvalue weighted by Gasteiger charge is -2.54. The minimum absolute atomic E-state index is 0.802. The molecule has 1 saturated carbocycles. The molecule has 0 aromatic heterocycles. The van der Waals surface area contributed by atoms with Crippen molar-refractivity contribution in [2.75, 3.05) is 6.54 Å². The average Bonchev–Trinajstić information content (AvgIpc) is 2.47. The standard InChI is InChI=1S/C19H36N2/c1-4-10-20-16-12-17-6-5-7-18(13-16)21(17)19-9-8-14(2)15(3)11-19/h14-20H,4-13H2,1-3H3. The lowest BCUT2D eigenvalue weighted by molar-refractivity contribution is -0.0336. The molecule has 3 fully saturated rings. The van der Waals surface area contributed by atoms with Gasteiger partial charge < -0.3 is 5.32 Å². The molecular weight excluding hydrogens is 256 g/mol. The molecular formula is C19H36N2. The van der Waals surface area contributed by atoms with E-state index < -0.39 is 0 Å². The molecule has 0 spiro atoms. The summed E-state index contributed by atoms with van der Waals surface area (Å²) in [7, 11) is 0. The van der Waals surface area contributed by atoms with Gasteiger partial charge in [-0.25, -0.2) is 0 Å². The van der Waals surface area contributed by atoms with Gasteiger partial charge in [0.2, 0.25) is 0 Å². The van der Waals surface area contributed by atoms with Crippen LogP contribution >= 0.6 is 0 Å². The molecule has 5 atom stereocenters. The van der Waals surface area contributed by atoms with Gasteiger partial charge in [0.25, 0.3) is 0 Å². The number of rotatable bonds is 4. The van der Waals surface area contributed by atoms with Crippen molar-refractivity contribution in [3.63, 3.8) is 0 Å². The molecule has 2 heterocycles. The molecule has 3 aliphatic rings. The maximum Gasteiger partial charge on any atom is 0.0116 e. The maximum absolute atomic E-state index is 3.81. The van der Waals surface area contributed by atoms with E-state index in [0.29, 0.717) is 0 Å². The van der Waals surface area contributed by atoms with Crippen LogP contribution in [0.5, 0.6) is 0 Å². The Bertz CT molecular complexity index is 316. The second kappa shape index (κ2) is 7.00. The van der Waals surface area contributed by atoms with Gasteiger partial charge in [-0.3, -0.25) is 4.90 Å². The summed E-state index contributed by atoms with van der Waals surface area (Å²) in [4.78, 5) is 3.01. The number of hydrogen-bond acceptors (Lipinski definition) is 2. The first-order chi connectivity index (χ1) is 10.2. The molecule has 0 amide bonds. The predicted octanol–water partition coefficient (Wildman–Crippen LogP) is 4.20. The third-order valence-electron chi connectivity index (χ3n) is 6.71. The van der Waals surface area contributed by atoms with Crippen molar-refractivity contribution >= 4 is 0 Å². The van der Waals surface area contributed by atoms with E-state index >= 15 is 0 Å². The summed E-state index contributed by atoms with van der Waals surface area (Å²) in [6, 6.07) is 3.48. The molecule has 3 rings (SSSR count).